The van der Waals surface area contributed by atoms with Crippen LogP contribution >= 0.6 is 0 Å². The van der Waals surface area contributed by atoms with Crippen LogP contribution in [0.3, 0.4) is 0 Å². The van der Waals surface area contributed by atoms with Crippen molar-refractivity contribution in [1.82, 2.24) is 0 Å². The number of nitrogens with one attached hydrogen (secondary N) is 1. The highest BCUT2D eigenvalue weighted by atomic mass is 14.9. The van der Waals surface area contributed by atoms with E-state index in [0.29, 0.717) is 22.5 Å². The molecule has 0 atom stereocenters. The van der Waals surface area contributed by atoms with E-state index in [0.717, 1.165) is 0 Å². The number of rotatable bonds is 4. The smallest absolute Gasteiger partial charge is 0.0629 e. The summed E-state index contributed by atoms with van der Waals surface area (Å²) in [6.07, 6.45) is 0. The Balaban J connectivity index is 1.51. The zero-order valence-electron chi connectivity index (χ0n) is 31.1. The Bertz CT molecular complexity index is 2160. The van der Waals surface area contributed by atoms with Crippen molar-refractivity contribution in [3.8, 4) is 22.3 Å². The highest BCUT2D eigenvalue weighted by Crippen LogP contribution is 2.33. The normalized spacial score (nSPS) is 17.0. The van der Waals surface area contributed by atoms with E-state index >= 15 is 0 Å². The van der Waals surface area contributed by atoms with Crippen molar-refractivity contribution < 1.29 is 19.2 Å². The Hall–Kier alpha value is -4.36. The van der Waals surface area contributed by atoms with Crippen molar-refractivity contribution >= 4 is 32.9 Å². The van der Waals surface area contributed by atoms with Gasteiger partial charge in [0.2, 0.25) is 0 Å². The Kier molecular flexibility index (Phi) is 2.42. The molecule has 0 radical (unpaired) electrons. The Labute approximate surface area is 213 Å². The van der Waals surface area contributed by atoms with Gasteiger partial charge in [-0.2, -0.15) is 0 Å². The first-order valence-corrected chi connectivity index (χ1v) is 10.1. The number of fused-ring (bicyclic) bond motifs is 2. The van der Waals surface area contributed by atoms with E-state index in [-0.39, 0.29) is 44.8 Å². The summed E-state index contributed by atoms with van der Waals surface area (Å²) in [7, 11) is 0. The van der Waals surface area contributed by atoms with Crippen LogP contribution in [0.1, 0.15) is 19.2 Å². The van der Waals surface area contributed by atoms with Crippen LogP contribution in [0.4, 0.5) is 11.4 Å². The molecule has 0 saturated carbocycles. The van der Waals surface area contributed by atoms with Crippen LogP contribution in [-0.2, 0) is 0 Å². The van der Waals surface area contributed by atoms with Crippen LogP contribution in [0, 0.1) is 0 Å². The zero-order chi connectivity index (χ0) is 34.2. The predicted octanol–water partition coefficient (Wildman–Crippen LogP) is 9.07. The van der Waals surface area contributed by atoms with Crippen molar-refractivity contribution in [2.45, 2.75) is 0 Å². The second-order valence-electron chi connectivity index (χ2n) is 7.29. The molecule has 0 spiro atoms. The lowest BCUT2D eigenvalue weighted by molar-refractivity contribution is 1.54. The van der Waals surface area contributed by atoms with E-state index in [9.17, 15) is 0 Å². The largest absolute Gasteiger partial charge is 0.355 e. The molecule has 6 aromatic carbocycles. The van der Waals surface area contributed by atoms with Gasteiger partial charge in [-0.25, -0.2) is 0 Å². The lowest BCUT2D eigenvalue weighted by atomic mass is 9.97. The fraction of sp³-hybridized carbons (Fsp3) is 0. The van der Waals surface area contributed by atoms with Crippen LogP contribution < -0.4 is 5.32 Å². The minimum atomic E-state index is -0.538. The number of anilines is 2. The third-order valence-corrected chi connectivity index (χ3v) is 5.22. The summed E-state index contributed by atoms with van der Waals surface area (Å²) >= 11 is 0. The van der Waals surface area contributed by atoms with Gasteiger partial charge in [0, 0.05) is 11.4 Å². The Morgan fingerprint density at radius 3 is 1.45 bits per heavy atom. The summed E-state index contributed by atoms with van der Waals surface area (Å²) in [6, 6.07) is 6.71. The van der Waals surface area contributed by atoms with Crippen molar-refractivity contribution in [2.24, 2.45) is 0 Å². The molecule has 0 aromatic heterocycles. The highest BCUT2D eigenvalue weighted by molar-refractivity contribution is 5.98. The molecule has 156 valence electrons. The van der Waals surface area contributed by atoms with E-state index in [1.807, 2.05) is 0 Å². The van der Waals surface area contributed by atoms with Gasteiger partial charge in [0.25, 0.3) is 0 Å². The van der Waals surface area contributed by atoms with E-state index in [1.165, 1.54) is 0 Å². The maximum atomic E-state index is 8.66. The molecule has 0 fully saturated rings. The maximum Gasteiger partial charge on any atom is 0.0629 e. The van der Waals surface area contributed by atoms with E-state index in [2.05, 4.69) is 5.32 Å². The number of hydrogen-bond donors (Lipinski definition) is 1. The van der Waals surface area contributed by atoms with Crippen LogP contribution in [0.25, 0.3) is 43.8 Å². The standard InChI is InChI=1S/C32H23N/c1-3-17-29-23(9-1)11-7-19-31(29)25-13-5-15-27(21-25)33-28-16-6-14-26(22-28)32-20-8-12-24-10-2-4-18-30(24)32/h1-22,33H/i1D,2D,3D,4D,7D,8D,9D,10D,11D,12D,17D,18D,19D,20D. The van der Waals surface area contributed by atoms with Crippen LogP contribution in [-0.4, -0.2) is 0 Å². The first kappa shape index (κ1) is 9.64. The number of hydrogen-bond acceptors (Lipinski definition) is 1. The minimum Gasteiger partial charge on any atom is -0.355 e. The van der Waals surface area contributed by atoms with Gasteiger partial charge in [-0.1, -0.05) is 109 Å². The maximum absolute atomic E-state index is 8.66. The van der Waals surface area contributed by atoms with Gasteiger partial charge < -0.3 is 5.32 Å². The third kappa shape index (κ3) is 3.75. The molecule has 6 rings (SSSR count). The first-order chi connectivity index (χ1) is 22.2. The van der Waals surface area contributed by atoms with Crippen molar-refractivity contribution in [3.05, 3.63) is 133 Å². The van der Waals surface area contributed by atoms with Gasteiger partial charge in [-0.3, -0.25) is 0 Å². The van der Waals surface area contributed by atoms with Gasteiger partial charge in [0.15, 0.2) is 0 Å². The van der Waals surface area contributed by atoms with Gasteiger partial charge in [-0.05, 0) is 68.1 Å². The first-order valence-electron chi connectivity index (χ1n) is 17.1. The Morgan fingerprint density at radius 2 is 0.939 bits per heavy atom. The van der Waals surface area contributed by atoms with Crippen molar-refractivity contribution in [1.29, 1.82) is 0 Å². The summed E-state index contributed by atoms with van der Waals surface area (Å²) in [6.45, 7) is 0. The Morgan fingerprint density at radius 1 is 0.485 bits per heavy atom. The molecule has 0 saturated heterocycles. The summed E-state index contributed by atoms with van der Waals surface area (Å²) < 4.78 is 117. The quantitative estimate of drug-likeness (QED) is 0.291. The molecule has 0 unspecified atom stereocenters. The summed E-state index contributed by atoms with van der Waals surface area (Å²) in [5, 5.41) is 2.84. The number of benzene rings is 6. The molecular weight excluding hydrogens is 398 g/mol. The fourth-order valence-electron chi connectivity index (χ4n) is 3.73. The van der Waals surface area contributed by atoms with Gasteiger partial charge >= 0.3 is 0 Å². The molecule has 0 aliphatic carbocycles. The van der Waals surface area contributed by atoms with E-state index in [4.69, 9.17) is 19.2 Å². The third-order valence-electron chi connectivity index (χ3n) is 5.22. The molecule has 1 heteroatoms. The van der Waals surface area contributed by atoms with E-state index in [1.54, 1.807) is 48.5 Å². The van der Waals surface area contributed by atoms with Gasteiger partial charge in [0.05, 0.1) is 19.2 Å². The second-order valence-corrected chi connectivity index (χ2v) is 7.29. The SMILES string of the molecule is [2H]c1c([2H])c([2H])c2c(-c3cccc(Nc4cccc(-c5c([2H])c([2H])c([2H])c6c([2H])c([2H])c([2H])c([2H])c56)c4)c3)c([2H])c([2H])c([2H])c2c1[2H]. The molecule has 6 aromatic rings. The van der Waals surface area contributed by atoms with Crippen LogP contribution in [0.5, 0.6) is 0 Å². The minimum absolute atomic E-state index is 0.0374. The monoisotopic (exact) mass is 435 g/mol. The predicted molar refractivity (Wildman–Crippen MR) is 142 cm³/mol. The summed E-state index contributed by atoms with van der Waals surface area (Å²) in [4.78, 5) is 0. The molecule has 0 heterocycles. The van der Waals surface area contributed by atoms with Crippen molar-refractivity contribution in [2.75, 3.05) is 5.32 Å². The molecule has 33 heavy (non-hydrogen) atoms. The summed E-state index contributed by atoms with van der Waals surface area (Å²) in [5.41, 5.74) is 1.83. The van der Waals surface area contributed by atoms with Crippen LogP contribution in [0.15, 0.2) is 133 Å². The van der Waals surface area contributed by atoms with Gasteiger partial charge in [-0.15, -0.1) is 0 Å². The lowest BCUT2D eigenvalue weighted by Crippen LogP contribution is -1.92. The average molecular weight is 436 g/mol. The molecular formula is C32H23N. The average Bonchev–Trinajstić information content (AvgIpc) is 3.05. The molecule has 1 nitrogen and oxygen atoms in total. The van der Waals surface area contributed by atoms with Crippen LogP contribution in [0.2, 0.25) is 0 Å². The van der Waals surface area contributed by atoms with E-state index < -0.39 is 72.5 Å². The molecule has 0 aliphatic heterocycles. The molecule has 0 aliphatic rings. The zero-order valence-corrected chi connectivity index (χ0v) is 17.1. The fourth-order valence-corrected chi connectivity index (χ4v) is 3.73. The molecule has 1 N–H and O–H groups in total. The van der Waals surface area contributed by atoms with Gasteiger partial charge in [0.1, 0.15) is 0 Å². The summed E-state index contributed by atoms with van der Waals surface area (Å²) in [5.74, 6) is 0. The lowest BCUT2D eigenvalue weighted by Gasteiger charge is -2.12. The highest BCUT2D eigenvalue weighted by Gasteiger charge is 2.07. The topological polar surface area (TPSA) is 12.0 Å². The second kappa shape index (κ2) is 8.29. The van der Waals surface area contributed by atoms with Crippen molar-refractivity contribution in [3.63, 3.8) is 0 Å². The molecule has 0 amide bonds. The molecule has 0 bridgehead atoms.